The highest BCUT2D eigenvalue weighted by molar-refractivity contribution is 6.66. The van der Waals surface area contributed by atoms with Crippen LogP contribution < -0.4 is 0 Å². The molecule has 0 amide bonds. The SMILES string of the molecule is O=C(Cl)C=C1CCCC1. The van der Waals surface area contributed by atoms with E-state index in [2.05, 4.69) is 0 Å². The lowest BCUT2D eigenvalue weighted by molar-refractivity contribution is -0.107. The van der Waals surface area contributed by atoms with E-state index in [0.29, 0.717) is 0 Å². The molecule has 0 radical (unpaired) electrons. The third kappa shape index (κ3) is 2.19. The Hall–Kier alpha value is -0.300. The van der Waals surface area contributed by atoms with E-state index >= 15 is 0 Å². The summed E-state index contributed by atoms with van der Waals surface area (Å²) in [5.41, 5.74) is 1.22. The van der Waals surface area contributed by atoms with E-state index in [1.807, 2.05) is 0 Å². The van der Waals surface area contributed by atoms with Gasteiger partial charge >= 0.3 is 0 Å². The molecule has 0 aromatic heterocycles. The molecule has 0 unspecified atom stereocenters. The minimum Gasteiger partial charge on any atom is -0.276 e. The number of rotatable bonds is 1. The molecule has 0 bridgehead atoms. The van der Waals surface area contributed by atoms with Crippen molar-refractivity contribution in [3.8, 4) is 0 Å². The Balaban J connectivity index is 2.49. The van der Waals surface area contributed by atoms with Crippen molar-refractivity contribution in [1.29, 1.82) is 0 Å². The van der Waals surface area contributed by atoms with Crippen LogP contribution >= 0.6 is 11.6 Å². The van der Waals surface area contributed by atoms with Gasteiger partial charge in [0.05, 0.1) is 0 Å². The quantitative estimate of drug-likeness (QED) is 0.408. The van der Waals surface area contributed by atoms with Crippen molar-refractivity contribution in [3.63, 3.8) is 0 Å². The Morgan fingerprint density at radius 2 is 2.00 bits per heavy atom. The van der Waals surface area contributed by atoms with Crippen LogP contribution in [0.15, 0.2) is 11.6 Å². The Morgan fingerprint density at radius 3 is 2.44 bits per heavy atom. The first kappa shape index (κ1) is 6.81. The minimum absolute atomic E-state index is 0.327. The zero-order chi connectivity index (χ0) is 6.69. The molecule has 1 aliphatic carbocycles. The van der Waals surface area contributed by atoms with Gasteiger partial charge in [0.2, 0.25) is 5.24 Å². The van der Waals surface area contributed by atoms with Crippen LogP contribution in [0.4, 0.5) is 0 Å². The van der Waals surface area contributed by atoms with E-state index in [4.69, 9.17) is 11.6 Å². The van der Waals surface area contributed by atoms with E-state index in [1.54, 1.807) is 6.08 Å². The van der Waals surface area contributed by atoms with Crippen LogP contribution in [0.3, 0.4) is 0 Å². The highest BCUT2D eigenvalue weighted by atomic mass is 35.5. The van der Waals surface area contributed by atoms with Crippen LogP contribution in [0, 0.1) is 0 Å². The molecule has 0 aromatic carbocycles. The molecule has 50 valence electrons. The fourth-order valence-electron chi connectivity index (χ4n) is 1.13. The van der Waals surface area contributed by atoms with Crippen LogP contribution in [-0.2, 0) is 4.79 Å². The summed E-state index contributed by atoms with van der Waals surface area (Å²) in [5, 5.41) is -0.327. The topological polar surface area (TPSA) is 17.1 Å². The second-order valence-corrected chi connectivity index (χ2v) is 2.69. The summed E-state index contributed by atoms with van der Waals surface area (Å²) in [7, 11) is 0. The molecule has 0 saturated heterocycles. The third-order valence-corrected chi connectivity index (χ3v) is 1.67. The Labute approximate surface area is 59.7 Å². The monoisotopic (exact) mass is 144 g/mol. The van der Waals surface area contributed by atoms with E-state index in [0.717, 1.165) is 12.8 Å². The highest BCUT2D eigenvalue weighted by Crippen LogP contribution is 2.23. The largest absolute Gasteiger partial charge is 0.276 e. The van der Waals surface area contributed by atoms with Crippen molar-refractivity contribution >= 4 is 16.8 Å². The van der Waals surface area contributed by atoms with Crippen molar-refractivity contribution in [2.45, 2.75) is 25.7 Å². The Morgan fingerprint density at radius 1 is 1.44 bits per heavy atom. The smallest absolute Gasteiger partial charge is 0.245 e. The first-order valence-corrected chi connectivity index (χ1v) is 3.56. The number of hydrogen-bond acceptors (Lipinski definition) is 1. The average Bonchev–Trinajstić information content (AvgIpc) is 2.15. The van der Waals surface area contributed by atoms with Crippen LogP contribution in [0.2, 0.25) is 0 Å². The number of allylic oxidation sites excluding steroid dienone is 2. The van der Waals surface area contributed by atoms with E-state index in [1.165, 1.54) is 18.4 Å². The van der Waals surface area contributed by atoms with Crippen molar-refractivity contribution < 1.29 is 4.79 Å². The molecular formula is C7H9ClO. The lowest BCUT2D eigenvalue weighted by Crippen LogP contribution is -1.79. The van der Waals surface area contributed by atoms with Crippen molar-refractivity contribution in [2.75, 3.05) is 0 Å². The van der Waals surface area contributed by atoms with Gasteiger partial charge in [0.15, 0.2) is 0 Å². The van der Waals surface area contributed by atoms with Gasteiger partial charge in [-0.2, -0.15) is 0 Å². The molecule has 1 aliphatic rings. The fraction of sp³-hybridized carbons (Fsp3) is 0.571. The van der Waals surface area contributed by atoms with E-state index < -0.39 is 0 Å². The van der Waals surface area contributed by atoms with Gasteiger partial charge in [-0.1, -0.05) is 5.57 Å². The maximum Gasteiger partial charge on any atom is 0.245 e. The predicted molar refractivity (Wildman–Crippen MR) is 37.4 cm³/mol. The van der Waals surface area contributed by atoms with Crippen molar-refractivity contribution in [2.24, 2.45) is 0 Å². The summed E-state index contributed by atoms with van der Waals surface area (Å²) in [6, 6.07) is 0. The van der Waals surface area contributed by atoms with E-state index in [-0.39, 0.29) is 5.24 Å². The first-order valence-electron chi connectivity index (χ1n) is 3.18. The van der Waals surface area contributed by atoms with Crippen LogP contribution in [-0.4, -0.2) is 5.24 Å². The highest BCUT2D eigenvalue weighted by Gasteiger charge is 2.06. The van der Waals surface area contributed by atoms with E-state index in [9.17, 15) is 4.79 Å². The molecule has 0 atom stereocenters. The molecule has 1 nitrogen and oxygen atoms in total. The molecule has 0 aromatic rings. The molecule has 9 heavy (non-hydrogen) atoms. The zero-order valence-electron chi connectivity index (χ0n) is 5.19. The number of carbonyl (C=O) groups is 1. The number of halogens is 1. The summed E-state index contributed by atoms with van der Waals surface area (Å²) in [4.78, 5) is 10.3. The number of hydrogen-bond donors (Lipinski definition) is 0. The van der Waals surface area contributed by atoms with Gasteiger partial charge in [-0.15, -0.1) is 0 Å². The summed E-state index contributed by atoms with van der Waals surface area (Å²) in [5.74, 6) is 0. The molecular weight excluding hydrogens is 136 g/mol. The third-order valence-electron chi connectivity index (χ3n) is 1.56. The van der Waals surface area contributed by atoms with Gasteiger partial charge in [0, 0.05) is 0 Å². The minimum atomic E-state index is -0.327. The van der Waals surface area contributed by atoms with Gasteiger partial charge in [-0.25, -0.2) is 0 Å². The molecule has 1 fully saturated rings. The van der Waals surface area contributed by atoms with Crippen molar-refractivity contribution in [1.82, 2.24) is 0 Å². The van der Waals surface area contributed by atoms with Gasteiger partial charge in [0.1, 0.15) is 0 Å². The molecule has 1 rings (SSSR count). The molecule has 0 aliphatic heterocycles. The molecule has 1 saturated carbocycles. The zero-order valence-corrected chi connectivity index (χ0v) is 5.95. The summed E-state index contributed by atoms with van der Waals surface area (Å²) in [6.07, 6.45) is 6.12. The Kier molecular flexibility index (Phi) is 2.29. The van der Waals surface area contributed by atoms with Crippen molar-refractivity contribution in [3.05, 3.63) is 11.6 Å². The molecule has 0 heterocycles. The van der Waals surface area contributed by atoms with Crippen LogP contribution in [0.1, 0.15) is 25.7 Å². The molecule has 2 heteroatoms. The van der Waals surface area contributed by atoms with Gasteiger partial charge in [-0.3, -0.25) is 4.79 Å². The summed E-state index contributed by atoms with van der Waals surface area (Å²) < 4.78 is 0. The van der Waals surface area contributed by atoms with Gasteiger partial charge < -0.3 is 0 Å². The normalized spacial score (nSPS) is 18.1. The second kappa shape index (κ2) is 3.02. The fourth-order valence-corrected chi connectivity index (χ4v) is 1.29. The van der Waals surface area contributed by atoms with Gasteiger partial charge in [-0.05, 0) is 43.4 Å². The maximum atomic E-state index is 10.3. The van der Waals surface area contributed by atoms with Crippen LogP contribution in [0.25, 0.3) is 0 Å². The summed E-state index contributed by atoms with van der Waals surface area (Å²) in [6.45, 7) is 0. The Bertz CT molecular complexity index is 141. The summed E-state index contributed by atoms with van der Waals surface area (Å²) >= 11 is 5.14. The van der Waals surface area contributed by atoms with Crippen LogP contribution in [0.5, 0.6) is 0 Å². The second-order valence-electron chi connectivity index (χ2n) is 2.31. The number of carbonyl (C=O) groups excluding carboxylic acids is 1. The van der Waals surface area contributed by atoms with Gasteiger partial charge in [0.25, 0.3) is 0 Å². The first-order chi connectivity index (χ1) is 4.29. The lowest BCUT2D eigenvalue weighted by Gasteiger charge is -1.87. The maximum absolute atomic E-state index is 10.3. The lowest BCUT2D eigenvalue weighted by atomic mass is 10.2. The molecule has 0 N–H and O–H groups in total. The molecule has 0 spiro atoms. The standard InChI is InChI=1S/C7H9ClO/c8-7(9)5-6-3-1-2-4-6/h5H,1-4H2. The predicted octanol–water partition coefficient (Wildman–Crippen LogP) is 2.25. The average molecular weight is 145 g/mol.